The quantitative estimate of drug-likeness (QED) is 0.755. The number of hydrogen-bond donors (Lipinski definition) is 2. The van der Waals surface area contributed by atoms with Gasteiger partial charge in [-0.3, -0.25) is 0 Å². The minimum atomic E-state index is -0.0857. The van der Waals surface area contributed by atoms with Crippen molar-refractivity contribution in [3.8, 4) is 34.3 Å². The zero-order valence-corrected chi connectivity index (χ0v) is 10.9. The van der Waals surface area contributed by atoms with E-state index in [1.54, 1.807) is 18.2 Å². The van der Waals surface area contributed by atoms with Gasteiger partial charge in [0.05, 0.1) is 5.02 Å². The van der Waals surface area contributed by atoms with E-state index in [2.05, 4.69) is 10.1 Å². The highest BCUT2D eigenvalue weighted by molar-refractivity contribution is 6.33. The van der Waals surface area contributed by atoms with E-state index in [9.17, 15) is 10.2 Å². The number of phenolic OH excluding ortho intramolecular Hbond substituents is 2. The highest BCUT2D eigenvalue weighted by Gasteiger charge is 2.14. The van der Waals surface area contributed by atoms with E-state index >= 15 is 0 Å². The molecule has 1 heterocycles. The fourth-order valence-corrected chi connectivity index (χ4v) is 2.03. The predicted molar refractivity (Wildman–Crippen MR) is 73.5 cm³/mol. The second-order valence-corrected chi connectivity index (χ2v) is 4.55. The molecule has 6 heteroatoms. The van der Waals surface area contributed by atoms with Crippen LogP contribution in [0, 0.1) is 0 Å². The lowest BCUT2D eigenvalue weighted by Gasteiger charge is -1.98. The first-order chi connectivity index (χ1) is 9.63. The molecule has 3 rings (SSSR count). The van der Waals surface area contributed by atoms with Crippen LogP contribution in [0.15, 0.2) is 47.0 Å². The Labute approximate surface area is 119 Å². The van der Waals surface area contributed by atoms with E-state index in [0.717, 1.165) is 0 Å². The number of hydrogen-bond acceptors (Lipinski definition) is 5. The predicted octanol–water partition coefficient (Wildman–Crippen LogP) is 3.47. The molecule has 2 N–H and O–H groups in total. The van der Waals surface area contributed by atoms with Crippen LogP contribution in [0.1, 0.15) is 0 Å². The Bertz CT molecular complexity index is 750. The molecule has 0 amide bonds. The van der Waals surface area contributed by atoms with Crippen LogP contribution < -0.4 is 0 Å². The lowest BCUT2D eigenvalue weighted by Crippen LogP contribution is -1.82. The summed E-state index contributed by atoms with van der Waals surface area (Å²) in [4.78, 5) is 4.21. The highest BCUT2D eigenvalue weighted by Crippen LogP contribution is 2.30. The van der Waals surface area contributed by atoms with Crippen molar-refractivity contribution in [3.63, 3.8) is 0 Å². The number of rotatable bonds is 2. The van der Waals surface area contributed by atoms with Gasteiger partial charge in [-0.1, -0.05) is 28.9 Å². The van der Waals surface area contributed by atoms with Crippen molar-refractivity contribution in [1.29, 1.82) is 0 Å². The number of nitrogens with zero attached hydrogens (tertiary/aromatic N) is 2. The molecule has 20 heavy (non-hydrogen) atoms. The number of benzene rings is 2. The van der Waals surface area contributed by atoms with Gasteiger partial charge in [-0.2, -0.15) is 4.98 Å². The molecule has 0 aliphatic rings. The summed E-state index contributed by atoms with van der Waals surface area (Å²) in [6.07, 6.45) is 0. The van der Waals surface area contributed by atoms with Crippen LogP contribution in [0.3, 0.4) is 0 Å². The van der Waals surface area contributed by atoms with Crippen LogP contribution in [-0.2, 0) is 0 Å². The second kappa shape index (κ2) is 4.86. The molecule has 0 aliphatic heterocycles. The van der Waals surface area contributed by atoms with Gasteiger partial charge in [0.2, 0.25) is 5.82 Å². The fourth-order valence-electron chi connectivity index (χ4n) is 1.81. The Morgan fingerprint density at radius 2 is 1.70 bits per heavy atom. The van der Waals surface area contributed by atoms with Gasteiger partial charge < -0.3 is 14.7 Å². The van der Waals surface area contributed by atoms with Gasteiger partial charge in [0.25, 0.3) is 5.89 Å². The van der Waals surface area contributed by atoms with Crippen LogP contribution in [0.2, 0.25) is 5.02 Å². The van der Waals surface area contributed by atoms with Crippen LogP contribution in [-0.4, -0.2) is 20.4 Å². The molecule has 5 nitrogen and oxygen atoms in total. The number of aromatic hydroxyl groups is 2. The first-order valence-corrected chi connectivity index (χ1v) is 6.13. The van der Waals surface area contributed by atoms with E-state index < -0.39 is 0 Å². The Kier molecular flexibility index (Phi) is 3.04. The van der Waals surface area contributed by atoms with Gasteiger partial charge in [0, 0.05) is 17.2 Å². The minimum Gasteiger partial charge on any atom is -0.508 e. The molecule has 2 aromatic carbocycles. The summed E-state index contributed by atoms with van der Waals surface area (Å²) in [7, 11) is 0. The van der Waals surface area contributed by atoms with E-state index in [1.165, 1.54) is 18.2 Å². The van der Waals surface area contributed by atoms with Gasteiger partial charge in [-0.15, -0.1) is 0 Å². The number of phenols is 2. The number of halogens is 1. The lowest BCUT2D eigenvalue weighted by molar-refractivity contribution is 0.428. The average molecular weight is 289 g/mol. The SMILES string of the molecule is Oc1cc(O)cc(-c2nc(-c3ccccc3Cl)no2)c1. The monoisotopic (exact) mass is 288 g/mol. The Morgan fingerprint density at radius 1 is 1.00 bits per heavy atom. The summed E-state index contributed by atoms with van der Waals surface area (Å²) in [5, 5.41) is 23.3. The summed E-state index contributed by atoms with van der Waals surface area (Å²) >= 11 is 6.06. The molecule has 0 atom stereocenters. The third-order valence-electron chi connectivity index (χ3n) is 2.69. The van der Waals surface area contributed by atoms with Gasteiger partial charge in [-0.05, 0) is 24.3 Å². The van der Waals surface area contributed by atoms with E-state index in [1.807, 2.05) is 6.07 Å². The van der Waals surface area contributed by atoms with E-state index in [0.29, 0.717) is 22.0 Å². The summed E-state index contributed by atoms with van der Waals surface area (Å²) in [5.41, 5.74) is 1.07. The summed E-state index contributed by atoms with van der Waals surface area (Å²) in [6, 6.07) is 11.2. The van der Waals surface area contributed by atoms with Crippen LogP contribution in [0.5, 0.6) is 11.5 Å². The molecule has 0 fully saturated rings. The third kappa shape index (κ3) is 2.31. The highest BCUT2D eigenvalue weighted by atomic mass is 35.5. The molecule has 3 aromatic rings. The van der Waals surface area contributed by atoms with Crippen LogP contribution in [0.25, 0.3) is 22.8 Å². The maximum atomic E-state index is 9.45. The van der Waals surface area contributed by atoms with Crippen molar-refractivity contribution in [3.05, 3.63) is 47.5 Å². The first-order valence-electron chi connectivity index (χ1n) is 5.75. The zero-order valence-electron chi connectivity index (χ0n) is 10.1. The van der Waals surface area contributed by atoms with E-state index in [-0.39, 0.29) is 17.4 Å². The Hall–Kier alpha value is -2.53. The smallest absolute Gasteiger partial charge is 0.258 e. The molecule has 0 unspecified atom stereocenters. The molecule has 100 valence electrons. The first kappa shape index (κ1) is 12.5. The van der Waals surface area contributed by atoms with Crippen molar-refractivity contribution < 1.29 is 14.7 Å². The maximum Gasteiger partial charge on any atom is 0.258 e. The summed E-state index contributed by atoms with van der Waals surface area (Å²) in [6.45, 7) is 0. The molecule has 0 radical (unpaired) electrons. The van der Waals surface area contributed by atoms with Gasteiger partial charge in [0.15, 0.2) is 0 Å². The van der Waals surface area contributed by atoms with Gasteiger partial charge in [-0.25, -0.2) is 0 Å². The topological polar surface area (TPSA) is 79.4 Å². The zero-order chi connectivity index (χ0) is 14.1. The van der Waals surface area contributed by atoms with Crippen LogP contribution in [0.4, 0.5) is 0 Å². The molecular formula is C14H9ClN2O3. The van der Waals surface area contributed by atoms with Crippen molar-refractivity contribution >= 4 is 11.6 Å². The second-order valence-electron chi connectivity index (χ2n) is 4.14. The molecule has 1 aromatic heterocycles. The average Bonchev–Trinajstić information content (AvgIpc) is 2.87. The molecule has 0 spiro atoms. The Balaban J connectivity index is 2.04. The third-order valence-corrected chi connectivity index (χ3v) is 3.02. The Morgan fingerprint density at radius 3 is 2.40 bits per heavy atom. The van der Waals surface area contributed by atoms with Crippen molar-refractivity contribution in [2.24, 2.45) is 0 Å². The largest absolute Gasteiger partial charge is 0.508 e. The molecule has 0 bridgehead atoms. The van der Waals surface area contributed by atoms with Crippen LogP contribution >= 0.6 is 11.6 Å². The minimum absolute atomic E-state index is 0.0857. The van der Waals surface area contributed by atoms with Gasteiger partial charge >= 0.3 is 0 Å². The lowest BCUT2D eigenvalue weighted by atomic mass is 10.2. The maximum absolute atomic E-state index is 9.45. The van der Waals surface area contributed by atoms with E-state index in [4.69, 9.17) is 16.1 Å². The fraction of sp³-hybridized carbons (Fsp3) is 0. The molecular weight excluding hydrogens is 280 g/mol. The molecule has 0 saturated carbocycles. The molecule has 0 aliphatic carbocycles. The van der Waals surface area contributed by atoms with Gasteiger partial charge in [0.1, 0.15) is 11.5 Å². The standard InChI is InChI=1S/C14H9ClN2O3/c15-12-4-2-1-3-11(12)13-16-14(20-17-13)8-5-9(18)7-10(19)6-8/h1-7,18-19H. The van der Waals surface area contributed by atoms with Crippen molar-refractivity contribution in [1.82, 2.24) is 10.1 Å². The summed E-state index contributed by atoms with van der Waals surface area (Å²) < 4.78 is 5.13. The number of aromatic nitrogens is 2. The van der Waals surface area contributed by atoms with Crippen molar-refractivity contribution in [2.45, 2.75) is 0 Å². The molecule has 0 saturated heterocycles. The summed E-state index contributed by atoms with van der Waals surface area (Å²) in [5.74, 6) is 0.356. The normalized spacial score (nSPS) is 10.7. The van der Waals surface area contributed by atoms with Crippen molar-refractivity contribution in [2.75, 3.05) is 0 Å².